The lowest BCUT2D eigenvalue weighted by molar-refractivity contribution is 0.0949. The molecule has 1 aliphatic carbocycles. The summed E-state index contributed by atoms with van der Waals surface area (Å²) >= 11 is 5.89. The molecule has 2 N–H and O–H groups in total. The van der Waals surface area contributed by atoms with E-state index in [-0.39, 0.29) is 17.6 Å². The number of fused-ring (bicyclic) bond motifs is 1. The maximum Gasteiger partial charge on any atom is 0.257 e. The number of halogens is 1. The molecule has 0 radical (unpaired) electrons. The van der Waals surface area contributed by atoms with Gasteiger partial charge in [-0.1, -0.05) is 35.6 Å². The van der Waals surface area contributed by atoms with Crippen molar-refractivity contribution in [2.75, 3.05) is 6.61 Å². The molecule has 2 aromatic carbocycles. The molecule has 1 aliphatic rings. The van der Waals surface area contributed by atoms with Crippen LogP contribution in [0.5, 0.6) is 0 Å². The Bertz CT molecular complexity index is 1200. The highest BCUT2D eigenvalue weighted by atomic mass is 35.5. The van der Waals surface area contributed by atoms with Crippen LogP contribution in [0.3, 0.4) is 0 Å². The Balaban J connectivity index is 1.70. The molecule has 6 heteroatoms. The number of amides is 1. The minimum absolute atomic E-state index is 0.116. The molecule has 146 valence electrons. The normalized spacial score (nSPS) is 13.0. The Hall–Kier alpha value is -3.07. The number of nitrogens with zero attached hydrogens (tertiary/aromatic N) is 1. The largest absolute Gasteiger partial charge is 0.384 e. The first-order valence-corrected chi connectivity index (χ1v) is 9.76. The lowest BCUT2D eigenvalue weighted by atomic mass is 10.1. The van der Waals surface area contributed by atoms with Crippen LogP contribution < -0.4 is 10.7 Å². The summed E-state index contributed by atoms with van der Waals surface area (Å²) in [5.74, 6) is 5.00. The van der Waals surface area contributed by atoms with Crippen LogP contribution in [0.1, 0.15) is 40.4 Å². The van der Waals surface area contributed by atoms with Gasteiger partial charge in [-0.3, -0.25) is 9.59 Å². The van der Waals surface area contributed by atoms with Crippen molar-refractivity contribution in [2.45, 2.75) is 25.4 Å². The molecule has 0 saturated heterocycles. The predicted molar refractivity (Wildman–Crippen MR) is 113 cm³/mol. The summed E-state index contributed by atoms with van der Waals surface area (Å²) in [4.78, 5) is 25.8. The third-order valence-corrected chi connectivity index (χ3v) is 5.15. The van der Waals surface area contributed by atoms with Crippen LogP contribution in [0.25, 0.3) is 10.9 Å². The van der Waals surface area contributed by atoms with Gasteiger partial charge in [-0.2, -0.15) is 0 Å². The highest BCUT2D eigenvalue weighted by Crippen LogP contribution is 2.37. The molecule has 1 heterocycles. The molecule has 0 unspecified atom stereocenters. The molecular weight excluding hydrogens is 388 g/mol. The number of rotatable bonds is 4. The van der Waals surface area contributed by atoms with Gasteiger partial charge < -0.3 is 15.0 Å². The molecule has 29 heavy (non-hydrogen) atoms. The zero-order valence-electron chi connectivity index (χ0n) is 15.6. The first kappa shape index (κ1) is 19.3. The monoisotopic (exact) mass is 406 g/mol. The summed E-state index contributed by atoms with van der Waals surface area (Å²) in [7, 11) is 0. The van der Waals surface area contributed by atoms with Gasteiger partial charge in [-0.05, 0) is 48.7 Å². The van der Waals surface area contributed by atoms with Crippen molar-refractivity contribution in [3.8, 4) is 11.8 Å². The highest BCUT2D eigenvalue weighted by Gasteiger charge is 2.26. The number of aliphatic hydroxyl groups excluding tert-OH is 1. The Morgan fingerprint density at radius 2 is 1.97 bits per heavy atom. The van der Waals surface area contributed by atoms with E-state index in [0.29, 0.717) is 28.6 Å². The molecule has 0 spiro atoms. The molecule has 0 bridgehead atoms. The van der Waals surface area contributed by atoms with Gasteiger partial charge in [-0.15, -0.1) is 0 Å². The SMILES string of the molecule is O=C(NCc1ccc(Cl)cc1)c1cn(C2CC2)c2ccc(C#CCO)cc2c1=O. The van der Waals surface area contributed by atoms with Gasteiger partial charge in [0, 0.05) is 34.8 Å². The lowest BCUT2D eigenvalue weighted by Gasteiger charge is -2.13. The minimum Gasteiger partial charge on any atom is -0.384 e. The highest BCUT2D eigenvalue weighted by molar-refractivity contribution is 6.30. The van der Waals surface area contributed by atoms with Crippen LogP contribution in [0, 0.1) is 11.8 Å². The average molecular weight is 407 g/mol. The van der Waals surface area contributed by atoms with Gasteiger partial charge in [-0.25, -0.2) is 0 Å². The van der Waals surface area contributed by atoms with Crippen LogP contribution in [-0.2, 0) is 6.54 Å². The lowest BCUT2D eigenvalue weighted by Crippen LogP contribution is -2.29. The third-order valence-electron chi connectivity index (χ3n) is 4.90. The average Bonchev–Trinajstić information content (AvgIpc) is 3.57. The van der Waals surface area contributed by atoms with Crippen molar-refractivity contribution in [3.63, 3.8) is 0 Å². The number of pyridine rings is 1. The number of benzene rings is 2. The Kier molecular flexibility index (Phi) is 5.39. The van der Waals surface area contributed by atoms with E-state index < -0.39 is 5.91 Å². The van der Waals surface area contributed by atoms with Gasteiger partial charge >= 0.3 is 0 Å². The van der Waals surface area contributed by atoms with Crippen molar-refractivity contribution in [2.24, 2.45) is 0 Å². The molecule has 4 rings (SSSR count). The van der Waals surface area contributed by atoms with Crippen LogP contribution in [-0.4, -0.2) is 22.2 Å². The van der Waals surface area contributed by atoms with Crippen LogP contribution >= 0.6 is 11.6 Å². The van der Waals surface area contributed by atoms with E-state index in [1.165, 1.54) is 0 Å². The Labute approximate surface area is 172 Å². The van der Waals surface area contributed by atoms with Crippen molar-refractivity contribution < 1.29 is 9.90 Å². The summed E-state index contributed by atoms with van der Waals surface area (Å²) in [5.41, 5.74) is 2.11. The van der Waals surface area contributed by atoms with E-state index in [0.717, 1.165) is 23.9 Å². The van der Waals surface area contributed by atoms with E-state index in [2.05, 4.69) is 17.2 Å². The second-order valence-corrected chi connectivity index (χ2v) is 7.45. The Morgan fingerprint density at radius 3 is 2.66 bits per heavy atom. The third kappa shape index (κ3) is 4.19. The van der Waals surface area contributed by atoms with E-state index >= 15 is 0 Å². The summed E-state index contributed by atoms with van der Waals surface area (Å²) in [6.07, 6.45) is 3.71. The first-order valence-electron chi connectivity index (χ1n) is 9.38. The zero-order chi connectivity index (χ0) is 20.4. The van der Waals surface area contributed by atoms with Crippen molar-refractivity contribution in [1.29, 1.82) is 0 Å². The number of hydrogen-bond acceptors (Lipinski definition) is 3. The fourth-order valence-corrected chi connectivity index (χ4v) is 3.40. The van der Waals surface area contributed by atoms with E-state index in [1.54, 1.807) is 24.4 Å². The van der Waals surface area contributed by atoms with Gasteiger partial charge in [0.05, 0.1) is 5.52 Å². The fraction of sp³-hybridized carbons (Fsp3) is 0.217. The molecule has 5 nitrogen and oxygen atoms in total. The van der Waals surface area contributed by atoms with E-state index in [1.807, 2.05) is 28.8 Å². The summed E-state index contributed by atoms with van der Waals surface area (Å²) in [5, 5.41) is 12.8. The molecule has 0 aliphatic heterocycles. The quantitative estimate of drug-likeness (QED) is 0.653. The fourth-order valence-electron chi connectivity index (χ4n) is 3.27. The number of carbonyl (C=O) groups is 1. The molecular formula is C23H19ClN2O3. The molecule has 3 aromatic rings. The molecule has 1 aromatic heterocycles. The van der Waals surface area contributed by atoms with Gasteiger partial charge in [0.15, 0.2) is 0 Å². The molecule has 1 fully saturated rings. The Morgan fingerprint density at radius 1 is 1.21 bits per heavy atom. The van der Waals surface area contributed by atoms with Gasteiger partial charge in [0.25, 0.3) is 5.91 Å². The van der Waals surface area contributed by atoms with E-state index in [9.17, 15) is 9.59 Å². The van der Waals surface area contributed by atoms with Crippen molar-refractivity contribution in [3.05, 3.63) is 80.6 Å². The summed E-state index contributed by atoms with van der Waals surface area (Å²) < 4.78 is 2.01. The first-order chi connectivity index (χ1) is 14.1. The predicted octanol–water partition coefficient (Wildman–Crippen LogP) is 3.26. The topological polar surface area (TPSA) is 71.3 Å². The number of aliphatic hydroxyl groups is 1. The smallest absolute Gasteiger partial charge is 0.257 e. The second-order valence-electron chi connectivity index (χ2n) is 7.01. The number of aromatic nitrogens is 1. The minimum atomic E-state index is -0.409. The van der Waals surface area contributed by atoms with Crippen LogP contribution in [0.4, 0.5) is 0 Å². The second kappa shape index (κ2) is 8.12. The van der Waals surface area contributed by atoms with Gasteiger partial charge in [0.1, 0.15) is 12.2 Å². The van der Waals surface area contributed by atoms with Crippen LogP contribution in [0.2, 0.25) is 5.02 Å². The van der Waals surface area contributed by atoms with E-state index in [4.69, 9.17) is 16.7 Å². The maximum atomic E-state index is 13.1. The molecule has 1 saturated carbocycles. The van der Waals surface area contributed by atoms with Crippen molar-refractivity contribution >= 4 is 28.4 Å². The number of nitrogens with one attached hydrogen (secondary N) is 1. The number of carbonyl (C=O) groups excluding carboxylic acids is 1. The number of hydrogen-bond donors (Lipinski definition) is 2. The summed E-state index contributed by atoms with van der Waals surface area (Å²) in [6.45, 7) is 0.0520. The van der Waals surface area contributed by atoms with Gasteiger partial charge in [0.2, 0.25) is 5.43 Å². The van der Waals surface area contributed by atoms with Crippen molar-refractivity contribution in [1.82, 2.24) is 9.88 Å². The zero-order valence-corrected chi connectivity index (χ0v) is 16.4. The summed E-state index contributed by atoms with van der Waals surface area (Å²) in [6, 6.07) is 12.8. The standard InChI is InChI=1S/C23H19ClN2O3/c24-17-6-3-16(4-7-17)13-25-23(29)20-14-26(18-8-9-18)21-10-5-15(2-1-11-27)12-19(21)22(20)28/h3-7,10,12,14,18,27H,8-9,11,13H2,(H,25,29). The molecule has 0 atom stereocenters. The molecule has 1 amide bonds. The maximum absolute atomic E-state index is 13.1. The van der Waals surface area contributed by atoms with Crippen LogP contribution in [0.15, 0.2) is 53.5 Å².